The van der Waals surface area contributed by atoms with Crippen LogP contribution in [0.5, 0.6) is 0 Å². The number of nitrogens with zero attached hydrogens (tertiary/aromatic N) is 2. The first-order chi connectivity index (χ1) is 11.1. The van der Waals surface area contributed by atoms with Gasteiger partial charge in [-0.1, -0.05) is 0 Å². The fraction of sp³-hybridized carbons (Fsp3) is 0.615. The highest BCUT2D eigenvalue weighted by atomic mass is 19.4. The minimum atomic E-state index is -4.65. The van der Waals surface area contributed by atoms with Gasteiger partial charge in [0.15, 0.2) is 11.5 Å². The summed E-state index contributed by atoms with van der Waals surface area (Å²) in [5, 5.41) is 11.5. The fourth-order valence-electron chi connectivity index (χ4n) is 2.57. The lowest BCUT2D eigenvalue weighted by molar-refractivity contribution is -0.141. The molecule has 1 aliphatic heterocycles. The molecule has 0 spiro atoms. The van der Waals surface area contributed by atoms with Crippen LogP contribution in [0.25, 0.3) is 0 Å². The summed E-state index contributed by atoms with van der Waals surface area (Å²) in [5.74, 6) is -1.25. The fourth-order valence-corrected chi connectivity index (χ4v) is 2.57. The van der Waals surface area contributed by atoms with E-state index in [4.69, 9.17) is 9.84 Å². The summed E-state index contributed by atoms with van der Waals surface area (Å²) in [5.41, 5.74) is -1.40. The van der Waals surface area contributed by atoms with Crippen molar-refractivity contribution in [2.24, 2.45) is 0 Å². The molecule has 1 fully saturated rings. The molecule has 0 bridgehead atoms. The Morgan fingerprint density at radius 3 is 2.62 bits per heavy atom. The van der Waals surface area contributed by atoms with Crippen molar-refractivity contribution in [3.8, 4) is 0 Å². The molecule has 0 saturated carbocycles. The van der Waals surface area contributed by atoms with E-state index in [2.05, 4.69) is 15.3 Å². The second kappa shape index (κ2) is 6.67. The van der Waals surface area contributed by atoms with E-state index in [1.54, 1.807) is 0 Å². The Kier molecular flexibility index (Phi) is 5.02. The molecule has 0 unspecified atom stereocenters. The second-order valence-electron chi connectivity index (χ2n) is 5.43. The number of nitrogens with one attached hydrogen (secondary N) is 2. The Bertz CT molecular complexity index is 631. The number of carbonyl (C=O) groups is 2. The van der Waals surface area contributed by atoms with Gasteiger partial charge in [0, 0.05) is 19.3 Å². The van der Waals surface area contributed by atoms with E-state index in [9.17, 15) is 22.8 Å². The van der Waals surface area contributed by atoms with Gasteiger partial charge in [-0.15, -0.1) is 0 Å². The van der Waals surface area contributed by atoms with Crippen molar-refractivity contribution in [3.05, 3.63) is 17.2 Å². The van der Waals surface area contributed by atoms with E-state index in [1.165, 1.54) is 14.0 Å². The number of hydrogen-bond donors (Lipinski definition) is 3. The third-order valence-electron chi connectivity index (χ3n) is 3.82. The zero-order valence-electron chi connectivity index (χ0n) is 13.0. The highest BCUT2D eigenvalue weighted by Gasteiger charge is 2.38. The quantitative estimate of drug-likeness (QED) is 0.760. The number of halogens is 3. The van der Waals surface area contributed by atoms with Gasteiger partial charge in [0.25, 0.3) is 5.91 Å². The van der Waals surface area contributed by atoms with Crippen molar-refractivity contribution in [3.63, 3.8) is 0 Å². The van der Waals surface area contributed by atoms with Crippen LogP contribution in [0.4, 0.5) is 18.0 Å². The van der Waals surface area contributed by atoms with Gasteiger partial charge in [0.2, 0.25) is 0 Å². The molecule has 11 heteroatoms. The molecule has 2 amide bonds. The van der Waals surface area contributed by atoms with Crippen LogP contribution in [0, 0.1) is 6.92 Å². The molecule has 134 valence electrons. The first-order valence-electron chi connectivity index (χ1n) is 7.08. The molecule has 3 N–H and O–H groups in total. The zero-order valence-corrected chi connectivity index (χ0v) is 13.0. The van der Waals surface area contributed by atoms with E-state index in [-0.39, 0.29) is 25.2 Å². The number of methoxy groups -OCH3 is 1. The topological polar surface area (TPSA) is 108 Å². The molecule has 1 aliphatic rings. The first kappa shape index (κ1) is 18.0. The van der Waals surface area contributed by atoms with Crippen LogP contribution >= 0.6 is 0 Å². The maximum atomic E-state index is 12.7. The van der Waals surface area contributed by atoms with Gasteiger partial charge in [0.1, 0.15) is 0 Å². The lowest BCUT2D eigenvalue weighted by Crippen LogP contribution is -2.55. The molecule has 0 radical (unpaired) electrons. The van der Waals surface area contributed by atoms with E-state index < -0.39 is 41.8 Å². The van der Waals surface area contributed by atoms with Gasteiger partial charge in [-0.2, -0.15) is 13.2 Å². The number of imidazole rings is 1. The van der Waals surface area contributed by atoms with Gasteiger partial charge in [-0.25, -0.2) is 9.78 Å². The Labute approximate surface area is 135 Å². The summed E-state index contributed by atoms with van der Waals surface area (Å²) in [4.78, 5) is 29.8. The van der Waals surface area contributed by atoms with E-state index in [1.807, 2.05) is 0 Å². The highest BCUT2D eigenvalue weighted by molar-refractivity contribution is 5.91. The summed E-state index contributed by atoms with van der Waals surface area (Å²) in [6.07, 6.45) is -6.07. The second-order valence-corrected chi connectivity index (χ2v) is 5.43. The third kappa shape index (κ3) is 3.78. The maximum Gasteiger partial charge on any atom is 0.435 e. The number of piperidine rings is 1. The standard InChI is InChI=1S/C13H17F3N4O4/c1-6-9(13(14,15)16)19-10(17-6)11(21)18-7-3-4-20(12(22)23)5-8(7)24-2/h7-8H,3-5H2,1-2H3,(H,17,19)(H,18,21)(H,22,23)/t7-,8+/m1/s1. The van der Waals surface area contributed by atoms with Crippen molar-refractivity contribution in [2.75, 3.05) is 20.2 Å². The smallest absolute Gasteiger partial charge is 0.435 e. The number of rotatable bonds is 3. The summed E-state index contributed by atoms with van der Waals surface area (Å²) < 4.78 is 43.3. The predicted molar refractivity (Wildman–Crippen MR) is 74.6 cm³/mol. The van der Waals surface area contributed by atoms with Crippen molar-refractivity contribution < 1.29 is 32.6 Å². The third-order valence-corrected chi connectivity index (χ3v) is 3.82. The van der Waals surface area contributed by atoms with Crippen LogP contribution in [-0.2, 0) is 10.9 Å². The normalized spacial score (nSPS) is 21.6. The number of carbonyl (C=O) groups excluding carboxylic acids is 1. The molecule has 24 heavy (non-hydrogen) atoms. The Morgan fingerprint density at radius 1 is 1.46 bits per heavy atom. The van der Waals surface area contributed by atoms with E-state index >= 15 is 0 Å². The predicted octanol–water partition coefficient (Wildman–Crippen LogP) is 1.23. The number of carboxylic acid groups (broad SMARTS) is 1. The van der Waals surface area contributed by atoms with E-state index in [0.29, 0.717) is 0 Å². The van der Waals surface area contributed by atoms with E-state index in [0.717, 1.165) is 4.90 Å². The molecule has 1 aromatic heterocycles. The molecule has 1 aromatic rings. The van der Waals surface area contributed by atoms with Crippen molar-refractivity contribution in [1.29, 1.82) is 0 Å². The molecule has 2 heterocycles. The van der Waals surface area contributed by atoms with Gasteiger partial charge >= 0.3 is 12.3 Å². The van der Waals surface area contributed by atoms with Gasteiger partial charge < -0.3 is 25.0 Å². The summed E-state index contributed by atoms with van der Waals surface area (Å²) >= 11 is 0. The molecule has 8 nitrogen and oxygen atoms in total. The molecular weight excluding hydrogens is 333 g/mol. The minimum absolute atomic E-state index is 0.0573. The summed E-state index contributed by atoms with van der Waals surface area (Å²) in [7, 11) is 1.37. The Morgan fingerprint density at radius 2 is 2.12 bits per heavy atom. The van der Waals surface area contributed by atoms with Crippen LogP contribution in [0.15, 0.2) is 0 Å². The number of aryl methyl sites for hydroxylation is 1. The number of alkyl halides is 3. The minimum Gasteiger partial charge on any atom is -0.465 e. The Balaban J connectivity index is 2.08. The largest absolute Gasteiger partial charge is 0.465 e. The lowest BCUT2D eigenvalue weighted by Gasteiger charge is -2.36. The van der Waals surface area contributed by atoms with Gasteiger partial charge in [-0.05, 0) is 13.3 Å². The Hall–Kier alpha value is -2.30. The number of aromatic nitrogens is 2. The lowest BCUT2D eigenvalue weighted by atomic mass is 10.0. The molecule has 2 atom stereocenters. The first-order valence-corrected chi connectivity index (χ1v) is 7.08. The number of ether oxygens (including phenoxy) is 1. The number of aromatic amines is 1. The van der Waals surface area contributed by atoms with Crippen molar-refractivity contribution in [2.45, 2.75) is 31.7 Å². The van der Waals surface area contributed by atoms with Crippen LogP contribution < -0.4 is 5.32 Å². The number of likely N-dealkylation sites (tertiary alicyclic amines) is 1. The molecule has 1 saturated heterocycles. The average Bonchev–Trinajstić information content (AvgIpc) is 2.89. The van der Waals surface area contributed by atoms with Crippen molar-refractivity contribution >= 4 is 12.0 Å². The molecule has 2 rings (SSSR count). The highest BCUT2D eigenvalue weighted by Crippen LogP contribution is 2.30. The molecular formula is C13H17F3N4O4. The number of hydrogen-bond acceptors (Lipinski definition) is 4. The monoisotopic (exact) mass is 350 g/mol. The molecule has 0 aromatic carbocycles. The van der Waals surface area contributed by atoms with Crippen LogP contribution in [0.3, 0.4) is 0 Å². The molecule has 0 aliphatic carbocycles. The van der Waals surface area contributed by atoms with Crippen LogP contribution in [0.1, 0.15) is 28.4 Å². The van der Waals surface area contributed by atoms with Crippen LogP contribution in [-0.4, -0.2) is 64.3 Å². The van der Waals surface area contributed by atoms with Crippen molar-refractivity contribution in [1.82, 2.24) is 20.2 Å². The van der Waals surface area contributed by atoms with Gasteiger partial charge in [0.05, 0.1) is 18.7 Å². The maximum absolute atomic E-state index is 12.7. The van der Waals surface area contributed by atoms with Crippen LogP contribution in [0.2, 0.25) is 0 Å². The average molecular weight is 350 g/mol. The van der Waals surface area contributed by atoms with Gasteiger partial charge in [-0.3, -0.25) is 4.79 Å². The number of H-pyrrole nitrogens is 1. The number of amides is 2. The zero-order chi connectivity index (χ0) is 18.1. The summed E-state index contributed by atoms with van der Waals surface area (Å²) in [6.45, 7) is 1.42. The summed E-state index contributed by atoms with van der Waals surface area (Å²) in [6, 6.07) is -0.530. The SMILES string of the molecule is CO[C@H]1CN(C(=O)O)CC[C@H]1NC(=O)c1nc(C(F)(F)F)c(C)[nH]1.